The van der Waals surface area contributed by atoms with Gasteiger partial charge in [-0.15, -0.1) is 6.58 Å². The summed E-state index contributed by atoms with van der Waals surface area (Å²) in [7, 11) is -3.42. The number of hydrogen-bond acceptors (Lipinski definition) is 3. The van der Waals surface area contributed by atoms with Crippen LogP contribution in [-0.2, 0) is 14.8 Å². The van der Waals surface area contributed by atoms with Gasteiger partial charge in [-0.05, 0) is 12.8 Å². The fourth-order valence-electron chi connectivity index (χ4n) is 1.05. The number of carbonyl (C=O) groups excluding carboxylic acids is 1. The Bertz CT molecular complexity index is 296. The minimum Gasteiger partial charge on any atom is -0.274 e. The summed E-state index contributed by atoms with van der Waals surface area (Å²) < 4.78 is 24.7. The third kappa shape index (κ3) is 8.17. The number of nitrogens with one attached hydrogen (secondary N) is 1. The van der Waals surface area contributed by atoms with E-state index in [0.29, 0.717) is 12.8 Å². The molecule has 0 atom stereocenters. The smallest absolute Gasteiger partial charge is 0.234 e. The summed E-state index contributed by atoms with van der Waals surface area (Å²) in [6.45, 7) is 5.46. The molecule has 5 heteroatoms. The molecule has 0 aromatic carbocycles. The molecule has 88 valence electrons. The van der Waals surface area contributed by atoms with E-state index in [1.54, 1.807) is 6.08 Å². The van der Waals surface area contributed by atoms with Gasteiger partial charge in [-0.25, -0.2) is 8.42 Å². The van der Waals surface area contributed by atoms with Crippen molar-refractivity contribution in [3.05, 3.63) is 12.7 Å². The van der Waals surface area contributed by atoms with Gasteiger partial charge in [-0.3, -0.25) is 9.52 Å². The molecule has 0 unspecified atom stereocenters. The zero-order chi connectivity index (χ0) is 11.7. The van der Waals surface area contributed by atoms with Crippen molar-refractivity contribution in [2.45, 2.75) is 39.0 Å². The quantitative estimate of drug-likeness (QED) is 0.511. The Morgan fingerprint density at radius 3 is 2.60 bits per heavy atom. The van der Waals surface area contributed by atoms with Gasteiger partial charge in [0.2, 0.25) is 15.9 Å². The van der Waals surface area contributed by atoms with E-state index in [1.807, 2.05) is 11.6 Å². The van der Waals surface area contributed by atoms with Crippen LogP contribution in [0.4, 0.5) is 0 Å². The van der Waals surface area contributed by atoms with E-state index in [0.717, 1.165) is 12.8 Å². The molecule has 0 aliphatic carbocycles. The largest absolute Gasteiger partial charge is 0.274 e. The maximum Gasteiger partial charge on any atom is 0.234 e. The second kappa shape index (κ2) is 7.45. The number of unbranched alkanes of at least 4 members (excludes halogenated alkanes) is 2. The summed E-state index contributed by atoms with van der Waals surface area (Å²) in [5.74, 6) is -0.424. The number of carbonyl (C=O) groups is 1. The van der Waals surface area contributed by atoms with E-state index >= 15 is 0 Å². The van der Waals surface area contributed by atoms with Crippen LogP contribution < -0.4 is 4.72 Å². The van der Waals surface area contributed by atoms with Gasteiger partial charge >= 0.3 is 0 Å². The van der Waals surface area contributed by atoms with Gasteiger partial charge in [0.05, 0.1) is 5.75 Å². The fourth-order valence-corrected chi connectivity index (χ4v) is 2.19. The van der Waals surface area contributed by atoms with E-state index < -0.39 is 15.9 Å². The zero-order valence-corrected chi connectivity index (χ0v) is 9.98. The third-order valence-corrected chi connectivity index (χ3v) is 3.23. The molecule has 1 amide bonds. The standard InChI is InChI=1S/C10H19NO3S/c1-3-5-7-9-15(13,14)11-10(12)8-6-4-2/h4H,2-3,5-9H2,1H3,(H,11,12). The van der Waals surface area contributed by atoms with Crippen LogP contribution in [0.1, 0.15) is 39.0 Å². The molecule has 0 aromatic rings. The average Bonchev–Trinajstić information content (AvgIpc) is 2.14. The average molecular weight is 233 g/mol. The van der Waals surface area contributed by atoms with Crippen LogP contribution in [0.5, 0.6) is 0 Å². The molecule has 0 aromatic heterocycles. The SMILES string of the molecule is C=CCCC(=O)NS(=O)(=O)CCCCC. The van der Waals surface area contributed by atoms with Crippen molar-refractivity contribution in [3.63, 3.8) is 0 Å². The van der Waals surface area contributed by atoms with E-state index in [2.05, 4.69) is 6.58 Å². The van der Waals surface area contributed by atoms with Crippen molar-refractivity contribution in [2.24, 2.45) is 0 Å². The molecule has 0 fully saturated rings. The van der Waals surface area contributed by atoms with Crippen LogP contribution in [0.25, 0.3) is 0 Å². The fraction of sp³-hybridized carbons (Fsp3) is 0.700. The lowest BCUT2D eigenvalue weighted by atomic mass is 10.3. The monoisotopic (exact) mass is 233 g/mol. The van der Waals surface area contributed by atoms with Crippen LogP contribution >= 0.6 is 0 Å². The summed E-state index contributed by atoms with van der Waals surface area (Å²) in [6, 6.07) is 0. The summed E-state index contributed by atoms with van der Waals surface area (Å²) in [5, 5.41) is 0. The van der Waals surface area contributed by atoms with Gasteiger partial charge in [0.25, 0.3) is 0 Å². The summed E-state index contributed by atoms with van der Waals surface area (Å²) >= 11 is 0. The summed E-state index contributed by atoms with van der Waals surface area (Å²) in [6.07, 6.45) is 4.68. The first-order valence-electron chi connectivity index (χ1n) is 5.16. The molecule has 0 aliphatic rings. The van der Waals surface area contributed by atoms with Gasteiger partial charge < -0.3 is 0 Å². The highest BCUT2D eigenvalue weighted by Crippen LogP contribution is 1.98. The molecule has 0 spiro atoms. The Kier molecular flexibility index (Phi) is 7.03. The van der Waals surface area contributed by atoms with E-state index in [4.69, 9.17) is 0 Å². The van der Waals surface area contributed by atoms with Crippen LogP contribution in [-0.4, -0.2) is 20.1 Å². The first-order chi connectivity index (χ1) is 7.02. The molecule has 15 heavy (non-hydrogen) atoms. The number of sulfonamides is 1. The van der Waals surface area contributed by atoms with E-state index in [1.165, 1.54) is 0 Å². The molecule has 0 radical (unpaired) electrons. The highest BCUT2D eigenvalue weighted by atomic mass is 32.2. The second-order valence-corrected chi connectivity index (χ2v) is 5.22. The number of hydrogen-bond donors (Lipinski definition) is 1. The van der Waals surface area contributed by atoms with Gasteiger partial charge in [0.15, 0.2) is 0 Å². The lowest BCUT2D eigenvalue weighted by Gasteiger charge is -2.05. The maximum atomic E-state index is 11.3. The number of allylic oxidation sites excluding steroid dienone is 1. The summed E-state index contributed by atoms with van der Waals surface area (Å²) in [5.41, 5.74) is 0. The van der Waals surface area contributed by atoms with Crippen molar-refractivity contribution in [1.82, 2.24) is 4.72 Å². The van der Waals surface area contributed by atoms with Crippen molar-refractivity contribution < 1.29 is 13.2 Å². The maximum absolute atomic E-state index is 11.3. The predicted octanol–water partition coefficient (Wildman–Crippen LogP) is 1.59. The normalized spacial score (nSPS) is 11.0. The minimum atomic E-state index is -3.42. The first-order valence-corrected chi connectivity index (χ1v) is 6.81. The van der Waals surface area contributed by atoms with Crippen LogP contribution in [0.2, 0.25) is 0 Å². The molecule has 0 heterocycles. The molecule has 4 nitrogen and oxygen atoms in total. The summed E-state index contributed by atoms with van der Waals surface area (Å²) in [4.78, 5) is 11.1. The Hall–Kier alpha value is -0.840. The van der Waals surface area contributed by atoms with Gasteiger partial charge in [-0.2, -0.15) is 0 Å². The first kappa shape index (κ1) is 14.2. The molecule has 0 aliphatic heterocycles. The van der Waals surface area contributed by atoms with E-state index in [-0.39, 0.29) is 12.2 Å². The Morgan fingerprint density at radius 1 is 1.40 bits per heavy atom. The van der Waals surface area contributed by atoms with Gasteiger partial charge in [0, 0.05) is 6.42 Å². The molecule has 1 N–H and O–H groups in total. The van der Waals surface area contributed by atoms with Crippen molar-refractivity contribution in [2.75, 3.05) is 5.75 Å². The Labute approximate surface area is 91.8 Å². The van der Waals surface area contributed by atoms with Crippen LogP contribution in [0.3, 0.4) is 0 Å². The van der Waals surface area contributed by atoms with Gasteiger partial charge in [-0.1, -0.05) is 25.8 Å². The van der Waals surface area contributed by atoms with Crippen LogP contribution in [0.15, 0.2) is 12.7 Å². The lowest BCUT2D eigenvalue weighted by Crippen LogP contribution is -2.32. The molecule has 0 rings (SSSR count). The van der Waals surface area contributed by atoms with Gasteiger partial charge in [0.1, 0.15) is 0 Å². The Morgan fingerprint density at radius 2 is 2.07 bits per heavy atom. The topological polar surface area (TPSA) is 63.2 Å². The molecule has 0 bridgehead atoms. The second-order valence-electron chi connectivity index (χ2n) is 3.38. The zero-order valence-electron chi connectivity index (χ0n) is 9.16. The predicted molar refractivity (Wildman–Crippen MR) is 60.9 cm³/mol. The van der Waals surface area contributed by atoms with Crippen molar-refractivity contribution in [1.29, 1.82) is 0 Å². The Balaban J connectivity index is 3.91. The molecule has 0 saturated carbocycles. The lowest BCUT2D eigenvalue weighted by molar-refractivity contribution is -0.119. The van der Waals surface area contributed by atoms with Crippen LogP contribution in [0, 0.1) is 0 Å². The highest BCUT2D eigenvalue weighted by molar-refractivity contribution is 7.90. The van der Waals surface area contributed by atoms with Crippen molar-refractivity contribution in [3.8, 4) is 0 Å². The molecular weight excluding hydrogens is 214 g/mol. The van der Waals surface area contributed by atoms with E-state index in [9.17, 15) is 13.2 Å². The highest BCUT2D eigenvalue weighted by Gasteiger charge is 2.12. The molecule has 0 saturated heterocycles. The van der Waals surface area contributed by atoms with Crippen molar-refractivity contribution >= 4 is 15.9 Å². The number of amides is 1. The third-order valence-electron chi connectivity index (χ3n) is 1.86. The number of rotatable bonds is 8. The minimum absolute atomic E-state index is 0.0284. The molecular formula is C10H19NO3S.